The highest BCUT2D eigenvalue weighted by molar-refractivity contribution is 5.94. The lowest BCUT2D eigenvalue weighted by Gasteiger charge is -2.10. The van der Waals surface area contributed by atoms with E-state index in [-0.39, 0.29) is 5.69 Å². The molecule has 27 heavy (non-hydrogen) atoms. The first-order chi connectivity index (χ1) is 12.9. The molecule has 3 aromatic rings. The van der Waals surface area contributed by atoms with Gasteiger partial charge in [0.25, 0.3) is 5.91 Å². The van der Waals surface area contributed by atoms with Crippen LogP contribution in [0, 0.1) is 0 Å². The maximum absolute atomic E-state index is 13.0. The summed E-state index contributed by atoms with van der Waals surface area (Å²) in [6, 6.07) is 2.27. The van der Waals surface area contributed by atoms with Gasteiger partial charge in [-0.2, -0.15) is 13.2 Å². The number of alkyl halides is 3. The van der Waals surface area contributed by atoms with E-state index in [1.807, 2.05) is 17.7 Å². The van der Waals surface area contributed by atoms with E-state index in [2.05, 4.69) is 15.3 Å². The Morgan fingerprint density at radius 2 is 2.11 bits per heavy atom. The number of fused-ring (bicyclic) bond motifs is 1. The van der Waals surface area contributed by atoms with E-state index < -0.39 is 17.6 Å². The minimum absolute atomic E-state index is 0.167. The van der Waals surface area contributed by atoms with E-state index >= 15 is 0 Å². The average molecular weight is 379 g/mol. The van der Waals surface area contributed by atoms with Gasteiger partial charge < -0.3 is 9.88 Å². The number of amides is 1. The zero-order chi connectivity index (χ0) is 19.4. The fourth-order valence-corrected chi connectivity index (χ4v) is 2.88. The van der Waals surface area contributed by atoms with Gasteiger partial charge >= 0.3 is 6.18 Å². The first-order valence-electron chi connectivity index (χ1n) is 8.72. The van der Waals surface area contributed by atoms with Crippen LogP contribution in [0.3, 0.4) is 0 Å². The fourth-order valence-electron chi connectivity index (χ4n) is 2.88. The lowest BCUT2D eigenvalue weighted by atomic mass is 10.2. The summed E-state index contributed by atoms with van der Waals surface area (Å²) < 4.78 is 42.3. The normalized spacial score (nSPS) is 11.9. The molecule has 0 atom stereocenters. The lowest BCUT2D eigenvalue weighted by molar-refractivity contribution is -0.137. The zero-order valence-electron chi connectivity index (χ0n) is 14.8. The molecule has 0 bridgehead atoms. The molecule has 0 saturated carbocycles. The molecule has 0 aliphatic carbocycles. The maximum atomic E-state index is 13.0. The summed E-state index contributed by atoms with van der Waals surface area (Å²) in [6.07, 6.45) is 3.55. The molecule has 0 saturated heterocycles. The van der Waals surface area contributed by atoms with Crippen LogP contribution in [0.25, 0.3) is 5.65 Å². The molecule has 3 aromatic heterocycles. The number of halogens is 3. The SMILES string of the molecule is CCCc1nc2ccc(C(F)(F)F)cn2c1C(=O)NCCCn1ccnc1. The Bertz CT molecular complexity index is 915. The molecule has 0 spiro atoms. The van der Waals surface area contributed by atoms with Crippen molar-refractivity contribution in [3.8, 4) is 0 Å². The number of aryl methyl sites for hydroxylation is 2. The van der Waals surface area contributed by atoms with E-state index in [1.54, 1.807) is 12.5 Å². The number of rotatable bonds is 7. The Balaban J connectivity index is 1.81. The molecule has 0 fully saturated rings. The first kappa shape index (κ1) is 18.9. The molecule has 6 nitrogen and oxygen atoms in total. The van der Waals surface area contributed by atoms with Gasteiger partial charge in [0, 0.05) is 31.7 Å². The molecule has 3 heterocycles. The molecule has 0 unspecified atom stereocenters. The number of pyridine rings is 1. The molecule has 3 rings (SSSR count). The number of hydrogen-bond donors (Lipinski definition) is 1. The van der Waals surface area contributed by atoms with Crippen LogP contribution in [0.4, 0.5) is 13.2 Å². The highest BCUT2D eigenvalue weighted by Crippen LogP contribution is 2.30. The van der Waals surface area contributed by atoms with Crippen LogP contribution < -0.4 is 5.32 Å². The van der Waals surface area contributed by atoms with Crippen molar-refractivity contribution in [2.24, 2.45) is 0 Å². The van der Waals surface area contributed by atoms with E-state index in [0.717, 1.165) is 18.7 Å². The zero-order valence-corrected chi connectivity index (χ0v) is 14.8. The number of carbonyl (C=O) groups is 1. The number of imidazole rings is 2. The summed E-state index contributed by atoms with van der Waals surface area (Å²) in [7, 11) is 0. The largest absolute Gasteiger partial charge is 0.417 e. The highest BCUT2D eigenvalue weighted by atomic mass is 19.4. The number of nitrogens with one attached hydrogen (secondary N) is 1. The molecule has 0 radical (unpaired) electrons. The third-order valence-corrected chi connectivity index (χ3v) is 4.16. The summed E-state index contributed by atoms with van der Waals surface area (Å²) in [5.41, 5.74) is 0.184. The fraction of sp³-hybridized carbons (Fsp3) is 0.389. The van der Waals surface area contributed by atoms with E-state index in [0.29, 0.717) is 37.3 Å². The van der Waals surface area contributed by atoms with Crippen molar-refractivity contribution in [1.82, 2.24) is 24.3 Å². The molecule has 144 valence electrons. The summed E-state index contributed by atoms with van der Waals surface area (Å²) in [4.78, 5) is 20.9. The Hall–Kier alpha value is -2.84. The van der Waals surface area contributed by atoms with Crippen LogP contribution in [0.2, 0.25) is 0 Å². The van der Waals surface area contributed by atoms with Gasteiger partial charge in [-0.05, 0) is 25.0 Å². The summed E-state index contributed by atoms with van der Waals surface area (Å²) >= 11 is 0. The van der Waals surface area contributed by atoms with Gasteiger partial charge in [-0.15, -0.1) is 0 Å². The third kappa shape index (κ3) is 4.29. The quantitative estimate of drug-likeness (QED) is 0.641. The molecule has 0 aliphatic rings. The first-order valence-corrected chi connectivity index (χ1v) is 8.72. The highest BCUT2D eigenvalue weighted by Gasteiger charge is 2.31. The van der Waals surface area contributed by atoms with Crippen LogP contribution >= 0.6 is 0 Å². The number of aromatic nitrogens is 4. The minimum Gasteiger partial charge on any atom is -0.351 e. The van der Waals surface area contributed by atoms with Gasteiger partial charge in [-0.3, -0.25) is 9.20 Å². The maximum Gasteiger partial charge on any atom is 0.417 e. The van der Waals surface area contributed by atoms with E-state index in [1.165, 1.54) is 10.5 Å². The van der Waals surface area contributed by atoms with Crippen LogP contribution in [0.15, 0.2) is 37.1 Å². The lowest BCUT2D eigenvalue weighted by Crippen LogP contribution is -2.27. The van der Waals surface area contributed by atoms with Gasteiger partial charge in [-0.25, -0.2) is 9.97 Å². The third-order valence-electron chi connectivity index (χ3n) is 4.16. The van der Waals surface area contributed by atoms with Crippen molar-refractivity contribution in [1.29, 1.82) is 0 Å². The number of nitrogens with zero attached hydrogens (tertiary/aromatic N) is 4. The Labute approximate surface area is 154 Å². The second-order valence-corrected chi connectivity index (χ2v) is 6.21. The van der Waals surface area contributed by atoms with Crippen molar-refractivity contribution in [2.45, 2.75) is 38.9 Å². The Morgan fingerprint density at radius 1 is 1.30 bits per heavy atom. The van der Waals surface area contributed by atoms with Gasteiger partial charge in [-0.1, -0.05) is 13.3 Å². The van der Waals surface area contributed by atoms with Crippen LogP contribution in [0.1, 0.15) is 41.5 Å². The smallest absolute Gasteiger partial charge is 0.351 e. The van der Waals surface area contributed by atoms with Crippen molar-refractivity contribution in [3.05, 3.63) is 54.0 Å². The van der Waals surface area contributed by atoms with E-state index in [4.69, 9.17) is 0 Å². The number of hydrogen-bond acceptors (Lipinski definition) is 3. The summed E-state index contributed by atoms with van der Waals surface area (Å²) in [6.45, 7) is 3.01. The summed E-state index contributed by atoms with van der Waals surface area (Å²) in [5, 5.41) is 2.78. The Kier molecular flexibility index (Phi) is 5.48. The standard InChI is InChI=1S/C18H20F3N5O/c1-2-4-14-16(17(27)23-7-3-9-25-10-8-22-12-25)26-11-13(18(19,20)21)5-6-15(26)24-14/h5-6,8,10-12H,2-4,7,9H2,1H3,(H,23,27). The predicted octanol–water partition coefficient (Wildman–Crippen LogP) is 3.32. The molecule has 0 aliphatic heterocycles. The molecular formula is C18H20F3N5O. The topological polar surface area (TPSA) is 64.2 Å². The van der Waals surface area contributed by atoms with E-state index in [9.17, 15) is 18.0 Å². The van der Waals surface area contributed by atoms with Crippen LogP contribution in [-0.4, -0.2) is 31.4 Å². The molecule has 1 amide bonds. The monoisotopic (exact) mass is 379 g/mol. The van der Waals surface area contributed by atoms with Crippen LogP contribution in [0.5, 0.6) is 0 Å². The predicted molar refractivity (Wildman–Crippen MR) is 93.4 cm³/mol. The van der Waals surface area contributed by atoms with Gasteiger partial charge in [0.1, 0.15) is 11.3 Å². The second-order valence-electron chi connectivity index (χ2n) is 6.21. The van der Waals surface area contributed by atoms with Crippen molar-refractivity contribution < 1.29 is 18.0 Å². The van der Waals surface area contributed by atoms with Crippen molar-refractivity contribution in [3.63, 3.8) is 0 Å². The molecule has 0 aromatic carbocycles. The van der Waals surface area contributed by atoms with Gasteiger partial charge in [0.2, 0.25) is 0 Å². The molecular weight excluding hydrogens is 359 g/mol. The number of carbonyl (C=O) groups excluding carboxylic acids is 1. The van der Waals surface area contributed by atoms with Crippen molar-refractivity contribution >= 4 is 11.6 Å². The van der Waals surface area contributed by atoms with Gasteiger partial charge in [0.15, 0.2) is 0 Å². The minimum atomic E-state index is -4.48. The molecule has 1 N–H and O–H groups in total. The summed E-state index contributed by atoms with van der Waals surface area (Å²) in [5.74, 6) is -0.420. The Morgan fingerprint density at radius 3 is 2.78 bits per heavy atom. The average Bonchev–Trinajstić information content (AvgIpc) is 3.24. The molecule has 9 heteroatoms. The second kappa shape index (κ2) is 7.81. The van der Waals surface area contributed by atoms with Crippen molar-refractivity contribution in [2.75, 3.05) is 6.54 Å². The van der Waals surface area contributed by atoms with Gasteiger partial charge in [0.05, 0.1) is 17.6 Å². The van der Waals surface area contributed by atoms with Crippen LogP contribution in [-0.2, 0) is 19.1 Å².